The Kier molecular flexibility index (Phi) is 13.6. The van der Waals surface area contributed by atoms with Gasteiger partial charge in [-0.2, -0.15) is 0 Å². The summed E-state index contributed by atoms with van der Waals surface area (Å²) in [6.45, 7) is 16.9. The Morgan fingerprint density at radius 2 is 1.55 bits per heavy atom. The summed E-state index contributed by atoms with van der Waals surface area (Å²) >= 11 is 0. The predicted molar refractivity (Wildman–Crippen MR) is 185 cm³/mol. The van der Waals surface area contributed by atoms with E-state index in [0.717, 1.165) is 31.4 Å². The number of benzene rings is 1. The van der Waals surface area contributed by atoms with Gasteiger partial charge >= 0.3 is 0 Å². The fraction of sp³-hybridized carbons (Fsp3) is 0.676. The lowest BCUT2D eigenvalue weighted by molar-refractivity contribution is -0.142. The molecule has 2 saturated heterocycles. The minimum absolute atomic E-state index is 0.0216. The number of hydrogen-bond donors (Lipinski definition) is 3. The van der Waals surface area contributed by atoms with Crippen LogP contribution in [-0.4, -0.2) is 100 Å². The van der Waals surface area contributed by atoms with Gasteiger partial charge in [0.05, 0.1) is 24.7 Å². The number of piperidine rings is 1. The second-order valence-electron chi connectivity index (χ2n) is 15.0. The van der Waals surface area contributed by atoms with E-state index in [9.17, 15) is 24.3 Å². The highest BCUT2D eigenvalue weighted by Crippen LogP contribution is 2.27. The molecule has 3 N–H and O–H groups in total. The number of aliphatic hydroxyl groups is 1. The number of carbonyl (C=O) groups is 4. The van der Waals surface area contributed by atoms with Gasteiger partial charge in [-0.25, -0.2) is 0 Å². The summed E-state index contributed by atoms with van der Waals surface area (Å²) in [6, 6.07) is 6.86. The van der Waals surface area contributed by atoms with E-state index in [1.807, 2.05) is 71.0 Å². The van der Waals surface area contributed by atoms with E-state index in [0.29, 0.717) is 25.0 Å². The molecule has 0 unspecified atom stereocenters. The zero-order valence-electron chi connectivity index (χ0n) is 30.1. The Hall–Kier alpha value is -3.24. The van der Waals surface area contributed by atoms with Crippen LogP contribution in [0.2, 0.25) is 0 Å². The predicted octanol–water partition coefficient (Wildman–Crippen LogP) is 4.05. The zero-order valence-corrected chi connectivity index (χ0v) is 30.1. The summed E-state index contributed by atoms with van der Waals surface area (Å²) in [5, 5.41) is 16.0. The average Bonchev–Trinajstić information content (AvgIpc) is 3.53. The normalized spacial score (nSPS) is 21.4. The van der Waals surface area contributed by atoms with Crippen molar-refractivity contribution in [1.82, 2.24) is 25.3 Å². The summed E-state index contributed by atoms with van der Waals surface area (Å²) in [4.78, 5) is 60.4. The van der Waals surface area contributed by atoms with Gasteiger partial charge in [-0.1, -0.05) is 77.4 Å². The maximum Gasteiger partial charge on any atom is 0.249 e. The molecule has 2 aliphatic heterocycles. The Morgan fingerprint density at radius 1 is 0.936 bits per heavy atom. The maximum absolute atomic E-state index is 14.2. The second-order valence-corrected chi connectivity index (χ2v) is 15.0. The molecule has 1 aromatic rings. The van der Waals surface area contributed by atoms with Crippen LogP contribution < -0.4 is 10.6 Å². The lowest BCUT2D eigenvalue weighted by Crippen LogP contribution is -2.60. The Morgan fingerprint density at radius 3 is 2.13 bits per heavy atom. The minimum Gasteiger partial charge on any atom is -0.394 e. The topological polar surface area (TPSA) is 122 Å². The van der Waals surface area contributed by atoms with Crippen molar-refractivity contribution in [2.45, 2.75) is 124 Å². The molecule has 5 atom stereocenters. The molecule has 262 valence electrons. The number of rotatable bonds is 12. The summed E-state index contributed by atoms with van der Waals surface area (Å²) in [7, 11) is 1.73. The van der Waals surface area contributed by atoms with Crippen LogP contribution in [0.3, 0.4) is 0 Å². The molecule has 1 aromatic carbocycles. The van der Waals surface area contributed by atoms with Gasteiger partial charge in [0.2, 0.25) is 23.6 Å². The molecule has 10 heteroatoms. The number of aliphatic hydroxyl groups excluding tert-OH is 1. The smallest absolute Gasteiger partial charge is 0.249 e. The van der Waals surface area contributed by atoms with Gasteiger partial charge in [-0.05, 0) is 69.9 Å². The molecule has 3 rings (SSSR count). The number of amides is 4. The van der Waals surface area contributed by atoms with E-state index in [4.69, 9.17) is 0 Å². The molecule has 2 aliphatic rings. The Labute approximate surface area is 282 Å². The van der Waals surface area contributed by atoms with E-state index < -0.39 is 29.6 Å². The highest BCUT2D eigenvalue weighted by molar-refractivity contribution is 5.97. The molecule has 0 spiro atoms. The number of nitrogens with zero attached hydrogens (tertiary/aromatic N) is 3. The van der Waals surface area contributed by atoms with Crippen molar-refractivity contribution in [1.29, 1.82) is 0 Å². The van der Waals surface area contributed by atoms with Crippen LogP contribution in [0.1, 0.15) is 99.1 Å². The first-order valence-corrected chi connectivity index (χ1v) is 17.4. The van der Waals surface area contributed by atoms with Gasteiger partial charge in [-0.15, -0.1) is 0 Å². The van der Waals surface area contributed by atoms with Crippen LogP contribution in [0.15, 0.2) is 42.0 Å². The lowest BCUT2D eigenvalue weighted by Gasteiger charge is -2.41. The summed E-state index contributed by atoms with van der Waals surface area (Å²) < 4.78 is 0. The molecule has 0 radical (unpaired) electrons. The molecule has 0 bridgehead atoms. The molecule has 10 nitrogen and oxygen atoms in total. The van der Waals surface area contributed by atoms with Gasteiger partial charge in [0.1, 0.15) is 12.1 Å². The van der Waals surface area contributed by atoms with Crippen LogP contribution in [-0.2, 0) is 19.2 Å². The monoisotopic (exact) mass is 653 g/mol. The van der Waals surface area contributed by atoms with Gasteiger partial charge in [0.15, 0.2) is 0 Å². The summed E-state index contributed by atoms with van der Waals surface area (Å²) in [5.74, 6) is -0.885. The number of hydrogen-bond acceptors (Lipinski definition) is 6. The third-order valence-corrected chi connectivity index (χ3v) is 9.66. The molecular weight excluding hydrogens is 594 g/mol. The second kappa shape index (κ2) is 16.7. The Bertz CT molecular complexity index is 1260. The SMILES string of the molecule is CC(=C[C@H](C(C)C)N(C)C(=O)[C@@H](NC(=O)[C@H]1CCCCN1C(C)C)C(C)(C)C)C(=O)N1CCC[C@H]1C(=O)N[C@H](CO)c1ccccc1. The van der Waals surface area contributed by atoms with Crippen molar-refractivity contribution >= 4 is 23.6 Å². The fourth-order valence-corrected chi connectivity index (χ4v) is 6.87. The van der Waals surface area contributed by atoms with Gasteiger partial charge in [0, 0.05) is 25.2 Å². The first-order valence-electron chi connectivity index (χ1n) is 17.4. The minimum atomic E-state index is -0.752. The number of likely N-dealkylation sites (N-methyl/N-ethyl adjacent to an activating group) is 1. The number of carbonyl (C=O) groups excluding carboxylic acids is 4. The van der Waals surface area contributed by atoms with Crippen LogP contribution in [0.5, 0.6) is 0 Å². The molecule has 0 aliphatic carbocycles. The fourth-order valence-electron chi connectivity index (χ4n) is 6.87. The molecule has 2 fully saturated rings. The van der Waals surface area contributed by atoms with Crippen molar-refractivity contribution in [2.24, 2.45) is 11.3 Å². The van der Waals surface area contributed by atoms with Gasteiger partial charge < -0.3 is 25.5 Å². The summed E-state index contributed by atoms with van der Waals surface area (Å²) in [5.41, 5.74) is 0.705. The quantitative estimate of drug-likeness (QED) is 0.293. The van der Waals surface area contributed by atoms with Crippen molar-refractivity contribution in [2.75, 3.05) is 26.7 Å². The largest absolute Gasteiger partial charge is 0.394 e. The number of likely N-dealkylation sites (tertiary alicyclic amines) is 2. The first kappa shape index (κ1) is 38.2. The highest BCUT2D eigenvalue weighted by atomic mass is 16.3. The summed E-state index contributed by atoms with van der Waals surface area (Å²) in [6.07, 6.45) is 5.87. The third kappa shape index (κ3) is 9.66. The van der Waals surface area contributed by atoms with Crippen LogP contribution >= 0.6 is 0 Å². The van der Waals surface area contributed by atoms with E-state index in [-0.39, 0.29) is 48.2 Å². The highest BCUT2D eigenvalue weighted by Gasteiger charge is 2.40. The molecule has 0 aromatic heterocycles. The lowest BCUT2D eigenvalue weighted by atomic mass is 9.84. The van der Waals surface area contributed by atoms with Crippen LogP contribution in [0.25, 0.3) is 0 Å². The standard InChI is InChI=1S/C37H59N5O5/c1-24(2)31(40(9)36(47)32(37(6,7)8)39-34(45)29-18-13-14-20-41(29)25(3)4)22-26(5)35(46)42-21-15-19-30(42)33(44)38-28(23-43)27-16-11-10-12-17-27/h10-12,16-17,22,24-25,28-32,43H,13-15,18-21,23H2,1-9H3,(H,38,44)(H,39,45)/t28-,29-,30+,31-,32-/m1/s1. The van der Waals surface area contributed by atoms with Crippen LogP contribution in [0, 0.1) is 11.3 Å². The van der Waals surface area contributed by atoms with Crippen molar-refractivity contribution < 1.29 is 24.3 Å². The molecule has 47 heavy (non-hydrogen) atoms. The average molecular weight is 654 g/mol. The number of nitrogens with one attached hydrogen (secondary N) is 2. The van der Waals surface area contributed by atoms with Crippen LogP contribution in [0.4, 0.5) is 0 Å². The first-order chi connectivity index (χ1) is 22.1. The maximum atomic E-state index is 14.2. The molecular formula is C37H59N5O5. The molecule has 4 amide bonds. The van der Waals surface area contributed by atoms with E-state index in [1.165, 1.54) is 0 Å². The third-order valence-electron chi connectivity index (χ3n) is 9.66. The van der Waals surface area contributed by atoms with E-state index in [1.54, 1.807) is 23.8 Å². The van der Waals surface area contributed by atoms with Crippen molar-refractivity contribution in [3.05, 3.63) is 47.5 Å². The van der Waals surface area contributed by atoms with E-state index >= 15 is 0 Å². The van der Waals surface area contributed by atoms with E-state index in [2.05, 4.69) is 29.4 Å². The van der Waals surface area contributed by atoms with Gasteiger partial charge in [-0.3, -0.25) is 24.1 Å². The zero-order chi connectivity index (χ0) is 35.1. The van der Waals surface area contributed by atoms with Crippen molar-refractivity contribution in [3.63, 3.8) is 0 Å². The Balaban J connectivity index is 1.77. The molecule has 0 saturated carbocycles. The molecule has 2 heterocycles. The van der Waals surface area contributed by atoms with Gasteiger partial charge in [0.25, 0.3) is 0 Å². The van der Waals surface area contributed by atoms with Crippen molar-refractivity contribution in [3.8, 4) is 0 Å².